The van der Waals surface area contributed by atoms with Crippen LogP contribution in [-0.4, -0.2) is 31.2 Å². The molecule has 0 radical (unpaired) electrons. The standard InChI is InChI=1S/C15H22N2O2/c1-4-19-14(18)9-10-17-11-15(2,3)16-12-7-5-6-8-13(12)17/h5-8,16H,4,9-11H2,1-3H3. The summed E-state index contributed by atoms with van der Waals surface area (Å²) in [5.74, 6) is -0.128. The normalized spacial score (nSPS) is 16.5. The van der Waals surface area contributed by atoms with Gasteiger partial charge in [-0.15, -0.1) is 0 Å². The van der Waals surface area contributed by atoms with E-state index in [0.29, 0.717) is 19.6 Å². The second-order valence-electron chi connectivity index (χ2n) is 5.50. The van der Waals surface area contributed by atoms with E-state index >= 15 is 0 Å². The number of esters is 1. The summed E-state index contributed by atoms with van der Waals surface area (Å²) in [5, 5.41) is 3.52. The Labute approximate surface area is 114 Å². The number of rotatable bonds is 4. The van der Waals surface area contributed by atoms with Crippen molar-refractivity contribution in [2.45, 2.75) is 32.7 Å². The third-order valence-corrected chi connectivity index (χ3v) is 3.20. The largest absolute Gasteiger partial charge is 0.466 e. The Morgan fingerprint density at radius 3 is 2.89 bits per heavy atom. The van der Waals surface area contributed by atoms with Gasteiger partial charge in [0, 0.05) is 18.6 Å². The number of nitrogens with one attached hydrogen (secondary N) is 1. The first-order chi connectivity index (χ1) is 9.02. The molecule has 0 fully saturated rings. The van der Waals surface area contributed by atoms with Crippen LogP contribution in [0.4, 0.5) is 11.4 Å². The number of nitrogens with zero attached hydrogens (tertiary/aromatic N) is 1. The molecule has 0 saturated carbocycles. The summed E-state index contributed by atoms with van der Waals surface area (Å²) in [6.45, 7) is 8.19. The molecule has 104 valence electrons. The summed E-state index contributed by atoms with van der Waals surface area (Å²) in [6.07, 6.45) is 0.429. The van der Waals surface area contributed by atoms with E-state index in [0.717, 1.165) is 17.9 Å². The van der Waals surface area contributed by atoms with Crippen LogP contribution in [0.2, 0.25) is 0 Å². The minimum atomic E-state index is -0.128. The zero-order valence-electron chi connectivity index (χ0n) is 11.9. The predicted molar refractivity (Wildman–Crippen MR) is 77.6 cm³/mol. The highest BCUT2D eigenvalue weighted by atomic mass is 16.5. The summed E-state index contributed by atoms with van der Waals surface area (Å²) in [5.41, 5.74) is 2.29. The van der Waals surface area contributed by atoms with E-state index < -0.39 is 0 Å². The third kappa shape index (κ3) is 3.40. The summed E-state index contributed by atoms with van der Waals surface area (Å²) < 4.78 is 4.99. The number of para-hydroxylation sites is 2. The van der Waals surface area contributed by atoms with Gasteiger partial charge in [0.2, 0.25) is 0 Å². The van der Waals surface area contributed by atoms with Crippen molar-refractivity contribution in [1.82, 2.24) is 0 Å². The van der Waals surface area contributed by atoms with Crippen molar-refractivity contribution in [3.8, 4) is 0 Å². The molecule has 4 nitrogen and oxygen atoms in total. The zero-order valence-corrected chi connectivity index (χ0v) is 11.9. The van der Waals surface area contributed by atoms with Crippen LogP contribution in [0.3, 0.4) is 0 Å². The lowest BCUT2D eigenvalue weighted by molar-refractivity contribution is -0.142. The lowest BCUT2D eigenvalue weighted by atomic mass is 9.99. The Balaban J connectivity index is 2.09. The number of anilines is 2. The molecule has 0 saturated heterocycles. The third-order valence-electron chi connectivity index (χ3n) is 3.20. The van der Waals surface area contributed by atoms with Crippen molar-refractivity contribution in [2.75, 3.05) is 29.9 Å². The molecule has 2 rings (SSSR count). The van der Waals surface area contributed by atoms with Crippen molar-refractivity contribution in [2.24, 2.45) is 0 Å². The second kappa shape index (κ2) is 5.51. The lowest BCUT2D eigenvalue weighted by Crippen LogP contribution is -2.49. The SMILES string of the molecule is CCOC(=O)CCN1CC(C)(C)Nc2ccccc21. The highest BCUT2D eigenvalue weighted by Gasteiger charge is 2.29. The lowest BCUT2D eigenvalue weighted by Gasteiger charge is -2.42. The summed E-state index contributed by atoms with van der Waals surface area (Å²) in [6, 6.07) is 8.21. The maximum Gasteiger partial charge on any atom is 0.307 e. The minimum Gasteiger partial charge on any atom is -0.466 e. The molecule has 1 aromatic rings. The van der Waals surface area contributed by atoms with Gasteiger partial charge < -0.3 is 15.0 Å². The fourth-order valence-corrected chi connectivity index (χ4v) is 2.48. The number of fused-ring (bicyclic) bond motifs is 1. The molecule has 0 bridgehead atoms. The van der Waals surface area contributed by atoms with E-state index in [4.69, 9.17) is 4.74 Å². The Morgan fingerprint density at radius 1 is 1.42 bits per heavy atom. The van der Waals surface area contributed by atoms with Gasteiger partial charge in [0.25, 0.3) is 0 Å². The van der Waals surface area contributed by atoms with Gasteiger partial charge in [0.1, 0.15) is 0 Å². The van der Waals surface area contributed by atoms with Gasteiger partial charge in [-0.25, -0.2) is 0 Å². The Hall–Kier alpha value is -1.71. The summed E-state index contributed by atoms with van der Waals surface area (Å²) in [4.78, 5) is 13.7. The van der Waals surface area contributed by atoms with E-state index in [9.17, 15) is 4.79 Å². The second-order valence-corrected chi connectivity index (χ2v) is 5.50. The van der Waals surface area contributed by atoms with Crippen molar-refractivity contribution in [1.29, 1.82) is 0 Å². The van der Waals surface area contributed by atoms with Gasteiger partial charge in [-0.1, -0.05) is 12.1 Å². The van der Waals surface area contributed by atoms with Crippen LogP contribution in [0.15, 0.2) is 24.3 Å². The molecule has 4 heteroatoms. The average Bonchev–Trinajstić information content (AvgIpc) is 2.35. The highest BCUT2D eigenvalue weighted by molar-refractivity contribution is 5.75. The molecule has 1 aromatic carbocycles. The molecule has 0 aliphatic carbocycles. The van der Waals surface area contributed by atoms with Crippen LogP contribution in [0.1, 0.15) is 27.2 Å². The van der Waals surface area contributed by atoms with Crippen molar-refractivity contribution < 1.29 is 9.53 Å². The Morgan fingerprint density at radius 2 is 2.16 bits per heavy atom. The van der Waals surface area contributed by atoms with Gasteiger partial charge in [-0.05, 0) is 32.9 Å². The van der Waals surface area contributed by atoms with E-state index in [1.54, 1.807) is 0 Å². The first-order valence-corrected chi connectivity index (χ1v) is 6.79. The molecule has 0 unspecified atom stereocenters. The number of benzene rings is 1. The fraction of sp³-hybridized carbons (Fsp3) is 0.533. The van der Waals surface area contributed by atoms with Gasteiger partial charge in [-0.2, -0.15) is 0 Å². The summed E-state index contributed by atoms with van der Waals surface area (Å²) >= 11 is 0. The van der Waals surface area contributed by atoms with Crippen LogP contribution < -0.4 is 10.2 Å². The maximum absolute atomic E-state index is 11.5. The number of hydrogen-bond acceptors (Lipinski definition) is 4. The van der Waals surface area contributed by atoms with Crippen LogP contribution in [0.25, 0.3) is 0 Å². The smallest absolute Gasteiger partial charge is 0.307 e. The molecule has 1 aliphatic heterocycles. The number of carbonyl (C=O) groups excluding carboxylic acids is 1. The molecule has 0 atom stereocenters. The summed E-state index contributed by atoms with van der Waals surface area (Å²) in [7, 11) is 0. The van der Waals surface area contributed by atoms with Gasteiger partial charge in [-0.3, -0.25) is 4.79 Å². The van der Waals surface area contributed by atoms with Crippen LogP contribution in [0.5, 0.6) is 0 Å². The minimum absolute atomic E-state index is 0.00299. The maximum atomic E-state index is 11.5. The van der Waals surface area contributed by atoms with Crippen LogP contribution in [0, 0.1) is 0 Å². The first kappa shape index (κ1) is 13.7. The highest BCUT2D eigenvalue weighted by Crippen LogP contribution is 2.33. The van der Waals surface area contributed by atoms with E-state index in [1.165, 1.54) is 0 Å². The Kier molecular flexibility index (Phi) is 3.98. The molecular formula is C15H22N2O2. The zero-order chi connectivity index (χ0) is 13.9. The molecule has 1 aliphatic rings. The van der Waals surface area contributed by atoms with Gasteiger partial charge in [0.05, 0.1) is 24.4 Å². The van der Waals surface area contributed by atoms with Crippen LogP contribution in [-0.2, 0) is 9.53 Å². The molecule has 19 heavy (non-hydrogen) atoms. The van der Waals surface area contributed by atoms with E-state index in [2.05, 4.69) is 36.2 Å². The molecule has 0 spiro atoms. The average molecular weight is 262 g/mol. The molecule has 1 heterocycles. The van der Waals surface area contributed by atoms with E-state index in [1.807, 2.05) is 19.1 Å². The van der Waals surface area contributed by atoms with Gasteiger partial charge in [0.15, 0.2) is 0 Å². The molecule has 0 amide bonds. The predicted octanol–water partition coefficient (Wildman–Crippen LogP) is 2.65. The number of hydrogen-bond donors (Lipinski definition) is 1. The monoisotopic (exact) mass is 262 g/mol. The number of carbonyl (C=O) groups is 1. The number of ether oxygens (including phenoxy) is 1. The molecular weight excluding hydrogens is 240 g/mol. The molecule has 0 aromatic heterocycles. The fourth-order valence-electron chi connectivity index (χ4n) is 2.48. The Bertz CT molecular complexity index is 457. The quantitative estimate of drug-likeness (QED) is 0.847. The van der Waals surface area contributed by atoms with Crippen molar-refractivity contribution >= 4 is 17.3 Å². The first-order valence-electron chi connectivity index (χ1n) is 6.79. The van der Waals surface area contributed by atoms with Crippen LogP contribution >= 0.6 is 0 Å². The van der Waals surface area contributed by atoms with Crippen molar-refractivity contribution in [3.63, 3.8) is 0 Å². The topological polar surface area (TPSA) is 41.6 Å². The van der Waals surface area contributed by atoms with Gasteiger partial charge >= 0.3 is 5.97 Å². The van der Waals surface area contributed by atoms with Crippen molar-refractivity contribution in [3.05, 3.63) is 24.3 Å². The molecule has 1 N–H and O–H groups in total. The van der Waals surface area contributed by atoms with E-state index in [-0.39, 0.29) is 11.5 Å².